The molecule has 0 aliphatic rings. The fourth-order valence-corrected chi connectivity index (χ4v) is 8.90. The van der Waals surface area contributed by atoms with Crippen molar-refractivity contribution in [1.82, 2.24) is 9.13 Å². The van der Waals surface area contributed by atoms with Gasteiger partial charge in [0.05, 0.1) is 56.2 Å². The summed E-state index contributed by atoms with van der Waals surface area (Å²) in [6, 6.07) is 50.0. The van der Waals surface area contributed by atoms with Crippen molar-refractivity contribution < 1.29 is 26.3 Å². The van der Waals surface area contributed by atoms with Crippen LogP contribution in [0.3, 0.4) is 0 Å². The van der Waals surface area contributed by atoms with E-state index in [9.17, 15) is 31.6 Å². The Kier molecular flexibility index (Phi) is 8.89. The van der Waals surface area contributed by atoms with E-state index in [1.54, 1.807) is 12.1 Å². The smallest absolute Gasteiger partial charge is 0.308 e. The number of rotatable bonds is 5. The normalized spacial score (nSPS) is 12.2. The number of fused-ring (bicyclic) bond motifs is 6. The van der Waals surface area contributed by atoms with Gasteiger partial charge in [0.25, 0.3) is 0 Å². The predicted octanol–water partition coefficient (Wildman–Crippen LogP) is 15.4. The fourth-order valence-electron chi connectivity index (χ4n) is 8.90. The zero-order valence-corrected chi connectivity index (χ0v) is 33.2. The molecule has 0 aliphatic carbocycles. The number of alkyl halides is 6. The lowest BCUT2D eigenvalue weighted by atomic mass is 9.94. The minimum absolute atomic E-state index is 0.0800. The maximum Gasteiger partial charge on any atom is 0.416 e. The molecule has 0 unspecified atom stereocenters. The van der Waals surface area contributed by atoms with E-state index in [4.69, 9.17) is 0 Å². The molecule has 0 saturated carbocycles. The SMILES string of the molecule is Cc1cccc(-c2ccc3c(c2)c2ccccc2n3-c2cc(C#N)cc(-n3c4ccccc4c4cc(-c5cccc(C)c5)ccc43)c2-c2cc(C(F)(F)F)cc(C(F)(F)F)c2)c1. The van der Waals surface area contributed by atoms with Gasteiger partial charge in [-0.3, -0.25) is 0 Å². The standard InChI is InChI=1S/C53H33F6N3/c1-31-9-7-11-34(21-31)36-17-19-47-43(27-36)41-13-3-5-15-45(41)61(47)49-23-33(30-60)24-50(51(49)38-25-39(52(54,55)56)29-40(26-38)53(57,58)59)62-46-16-6-4-14-42(46)44-28-37(18-20-48(44)62)35-12-8-10-32(2)22-35/h3-29H,1-2H3. The Bertz CT molecular complexity index is 3270. The maximum atomic E-state index is 14.7. The van der Waals surface area contributed by atoms with Crippen LogP contribution in [0, 0.1) is 25.2 Å². The first-order chi connectivity index (χ1) is 29.8. The van der Waals surface area contributed by atoms with Gasteiger partial charge in [-0.15, -0.1) is 0 Å². The van der Waals surface area contributed by atoms with E-state index in [1.807, 2.05) is 144 Å². The minimum Gasteiger partial charge on any atom is -0.308 e. The van der Waals surface area contributed by atoms with Gasteiger partial charge in [0.1, 0.15) is 0 Å². The van der Waals surface area contributed by atoms with Gasteiger partial charge in [0.2, 0.25) is 0 Å². The summed E-state index contributed by atoms with van der Waals surface area (Å²) in [5, 5.41) is 14.0. The lowest BCUT2D eigenvalue weighted by Crippen LogP contribution is -2.12. The summed E-state index contributed by atoms with van der Waals surface area (Å²) in [5.74, 6) is 0. The van der Waals surface area contributed by atoms with Crippen molar-refractivity contribution in [3.8, 4) is 50.8 Å². The molecule has 0 radical (unpaired) electrons. The Morgan fingerprint density at radius 1 is 0.403 bits per heavy atom. The summed E-state index contributed by atoms with van der Waals surface area (Å²) in [5.41, 5.74) is 6.10. The monoisotopic (exact) mass is 825 g/mol. The lowest BCUT2D eigenvalue weighted by molar-refractivity contribution is -0.143. The van der Waals surface area contributed by atoms with Crippen LogP contribution in [-0.2, 0) is 12.4 Å². The molecule has 302 valence electrons. The molecule has 0 saturated heterocycles. The number of hydrogen-bond donors (Lipinski definition) is 0. The van der Waals surface area contributed by atoms with E-state index in [0.717, 1.165) is 67.1 Å². The summed E-state index contributed by atoms with van der Waals surface area (Å²) < 4.78 is 92.1. The third-order valence-corrected chi connectivity index (χ3v) is 11.6. The van der Waals surface area contributed by atoms with Crippen molar-refractivity contribution in [1.29, 1.82) is 5.26 Å². The average molecular weight is 826 g/mol. The van der Waals surface area contributed by atoms with Gasteiger partial charge in [-0.2, -0.15) is 31.6 Å². The number of aromatic nitrogens is 2. The van der Waals surface area contributed by atoms with E-state index < -0.39 is 23.5 Å². The summed E-state index contributed by atoms with van der Waals surface area (Å²) in [6.45, 7) is 4.01. The molecule has 0 atom stereocenters. The van der Waals surface area contributed by atoms with Crippen LogP contribution in [0.4, 0.5) is 26.3 Å². The van der Waals surface area contributed by atoms with Gasteiger partial charge >= 0.3 is 12.4 Å². The Labute approximate surface area is 351 Å². The Morgan fingerprint density at radius 3 is 1.24 bits per heavy atom. The number of aryl methyl sites for hydroxylation is 2. The van der Waals surface area contributed by atoms with Crippen molar-refractivity contribution in [3.05, 3.63) is 192 Å². The van der Waals surface area contributed by atoms with Crippen LogP contribution in [0.2, 0.25) is 0 Å². The first-order valence-corrected chi connectivity index (χ1v) is 19.9. The summed E-state index contributed by atoms with van der Waals surface area (Å²) in [7, 11) is 0. The fraction of sp³-hybridized carbons (Fsp3) is 0.0755. The molecular formula is C53H33F6N3. The second kappa shape index (κ2) is 14.3. The van der Waals surface area contributed by atoms with Gasteiger partial charge in [-0.05, 0) is 108 Å². The number of benzene rings is 8. The third kappa shape index (κ3) is 6.47. The minimum atomic E-state index is -5.11. The van der Waals surface area contributed by atoms with Gasteiger partial charge in [0.15, 0.2) is 0 Å². The van der Waals surface area contributed by atoms with Crippen LogP contribution >= 0.6 is 0 Å². The van der Waals surface area contributed by atoms with E-state index >= 15 is 0 Å². The second-order valence-electron chi connectivity index (χ2n) is 15.7. The third-order valence-electron chi connectivity index (χ3n) is 11.6. The van der Waals surface area contributed by atoms with E-state index in [-0.39, 0.29) is 34.1 Å². The molecular weight excluding hydrogens is 793 g/mol. The largest absolute Gasteiger partial charge is 0.416 e. The maximum absolute atomic E-state index is 14.7. The quantitative estimate of drug-likeness (QED) is 0.159. The highest BCUT2D eigenvalue weighted by Crippen LogP contribution is 2.46. The molecule has 2 heterocycles. The van der Waals surface area contributed by atoms with E-state index in [2.05, 4.69) is 18.2 Å². The molecule has 62 heavy (non-hydrogen) atoms. The second-order valence-corrected chi connectivity index (χ2v) is 15.7. The number of halogens is 6. The summed E-state index contributed by atoms with van der Waals surface area (Å²) in [6.07, 6.45) is -10.2. The van der Waals surface area contributed by atoms with Gasteiger partial charge in [-0.1, -0.05) is 108 Å². The molecule has 0 N–H and O–H groups in total. The average Bonchev–Trinajstić information content (AvgIpc) is 3.77. The van der Waals surface area contributed by atoms with Crippen LogP contribution < -0.4 is 0 Å². The molecule has 2 aromatic heterocycles. The molecule has 10 rings (SSSR count). The molecule has 0 spiro atoms. The van der Waals surface area contributed by atoms with Crippen molar-refractivity contribution in [2.75, 3.05) is 0 Å². The topological polar surface area (TPSA) is 33.6 Å². The number of hydrogen-bond acceptors (Lipinski definition) is 1. The molecule has 8 aromatic carbocycles. The summed E-state index contributed by atoms with van der Waals surface area (Å²) in [4.78, 5) is 0. The molecule has 0 aliphatic heterocycles. The lowest BCUT2D eigenvalue weighted by Gasteiger charge is -2.22. The highest BCUT2D eigenvalue weighted by molar-refractivity contribution is 6.13. The molecule has 3 nitrogen and oxygen atoms in total. The highest BCUT2D eigenvalue weighted by Gasteiger charge is 2.38. The summed E-state index contributed by atoms with van der Waals surface area (Å²) >= 11 is 0. The molecule has 0 bridgehead atoms. The highest BCUT2D eigenvalue weighted by atomic mass is 19.4. The predicted molar refractivity (Wildman–Crippen MR) is 236 cm³/mol. The van der Waals surface area contributed by atoms with Crippen molar-refractivity contribution in [2.45, 2.75) is 26.2 Å². The molecule has 9 heteroatoms. The van der Waals surface area contributed by atoms with Crippen LogP contribution in [-0.4, -0.2) is 9.13 Å². The van der Waals surface area contributed by atoms with Gasteiger partial charge < -0.3 is 9.13 Å². The Hall–Kier alpha value is -7.57. The van der Waals surface area contributed by atoms with Crippen LogP contribution in [0.15, 0.2) is 164 Å². The molecule has 10 aromatic rings. The van der Waals surface area contributed by atoms with Crippen molar-refractivity contribution in [3.63, 3.8) is 0 Å². The zero-order valence-electron chi connectivity index (χ0n) is 33.2. The molecule has 0 fully saturated rings. The van der Waals surface area contributed by atoms with Crippen LogP contribution in [0.25, 0.3) is 88.4 Å². The van der Waals surface area contributed by atoms with E-state index in [0.29, 0.717) is 22.1 Å². The van der Waals surface area contributed by atoms with E-state index in [1.165, 1.54) is 0 Å². The van der Waals surface area contributed by atoms with Crippen molar-refractivity contribution in [2.24, 2.45) is 0 Å². The Morgan fingerprint density at radius 2 is 0.823 bits per heavy atom. The van der Waals surface area contributed by atoms with Crippen LogP contribution in [0.1, 0.15) is 27.8 Å². The Balaban J connectivity index is 1.36. The zero-order chi connectivity index (χ0) is 43.1. The van der Waals surface area contributed by atoms with Gasteiger partial charge in [-0.25, -0.2) is 0 Å². The first kappa shape index (κ1) is 38.6. The number of para-hydroxylation sites is 2. The van der Waals surface area contributed by atoms with Crippen LogP contribution in [0.5, 0.6) is 0 Å². The number of nitriles is 1. The van der Waals surface area contributed by atoms with Crippen molar-refractivity contribution >= 4 is 43.6 Å². The van der Waals surface area contributed by atoms with Gasteiger partial charge in [0, 0.05) is 27.1 Å². The number of nitrogens with zero attached hydrogens (tertiary/aromatic N) is 3. The first-order valence-electron chi connectivity index (χ1n) is 19.9. The molecule has 0 amide bonds.